The Hall–Kier alpha value is -2.01. The maximum absolute atomic E-state index is 12.3. The Kier molecular flexibility index (Phi) is 6.88. The summed E-state index contributed by atoms with van der Waals surface area (Å²) in [6, 6.07) is -0.679. The lowest BCUT2D eigenvalue weighted by atomic mass is 10.2. The molecule has 0 aliphatic rings. The number of rotatable bonds is 8. The zero-order valence-corrected chi connectivity index (χ0v) is 15.8. The van der Waals surface area contributed by atoms with Crippen molar-refractivity contribution in [1.82, 2.24) is 24.8 Å². The van der Waals surface area contributed by atoms with Gasteiger partial charge in [0.2, 0.25) is 11.9 Å². The van der Waals surface area contributed by atoms with E-state index in [-0.39, 0.29) is 18.4 Å². The van der Waals surface area contributed by atoms with Gasteiger partial charge in [0.15, 0.2) is 5.65 Å². The van der Waals surface area contributed by atoms with Gasteiger partial charge in [0.25, 0.3) is 0 Å². The van der Waals surface area contributed by atoms with Crippen molar-refractivity contribution >= 4 is 52.5 Å². The Labute approximate surface area is 153 Å². The number of nitrogens with two attached hydrogens (primary N) is 1. The minimum absolute atomic E-state index is 0.0342. The third kappa shape index (κ3) is 4.75. The lowest BCUT2D eigenvalue weighted by Gasteiger charge is -2.16. The van der Waals surface area contributed by atoms with Gasteiger partial charge in [-0.3, -0.25) is 4.79 Å². The van der Waals surface area contributed by atoms with Gasteiger partial charge in [-0.1, -0.05) is 0 Å². The van der Waals surface area contributed by atoms with Gasteiger partial charge in [0, 0.05) is 0 Å². The summed E-state index contributed by atoms with van der Waals surface area (Å²) >= 11 is 2.99. The van der Waals surface area contributed by atoms with Crippen LogP contribution in [0.5, 0.6) is 0 Å². The Morgan fingerprint density at radius 3 is 2.80 bits per heavy atom. The molecule has 0 radical (unpaired) electrons. The first-order chi connectivity index (χ1) is 12.0. The average molecular weight is 384 g/mol. The number of aromatic nitrogens is 4. The molecular weight excluding hydrogens is 364 g/mol. The van der Waals surface area contributed by atoms with E-state index in [2.05, 4.69) is 20.3 Å². The second-order valence-electron chi connectivity index (χ2n) is 5.06. The minimum atomic E-state index is -0.679. The topological polar surface area (TPSA) is 125 Å². The first-order valence-corrected chi connectivity index (χ1v) is 10.0. The molecule has 2 rings (SSSR count). The van der Waals surface area contributed by atoms with Gasteiger partial charge in [-0.2, -0.15) is 16.7 Å². The molecule has 0 fully saturated rings. The number of imidazole rings is 1. The second kappa shape index (κ2) is 8.90. The van der Waals surface area contributed by atoms with Crippen LogP contribution in [0.15, 0.2) is 11.4 Å². The van der Waals surface area contributed by atoms with Crippen LogP contribution in [0.1, 0.15) is 6.42 Å². The summed E-state index contributed by atoms with van der Waals surface area (Å²) in [5.41, 5.74) is 6.77. The van der Waals surface area contributed by atoms with Crippen LogP contribution in [0.25, 0.3) is 11.2 Å². The van der Waals surface area contributed by atoms with E-state index < -0.39 is 12.0 Å². The summed E-state index contributed by atoms with van der Waals surface area (Å²) in [5, 5.41) is 3.34. The number of hydrogen-bond acceptors (Lipinski definition) is 9. The van der Waals surface area contributed by atoms with Gasteiger partial charge >= 0.3 is 5.97 Å². The predicted octanol–water partition coefficient (Wildman–Crippen LogP) is 0.541. The molecule has 25 heavy (non-hydrogen) atoms. The molecule has 2 aromatic rings. The number of esters is 1. The Bertz CT molecular complexity index is 766. The number of nitrogens with zero attached hydrogens (tertiary/aromatic N) is 4. The molecule has 9 nitrogen and oxygen atoms in total. The highest BCUT2D eigenvalue weighted by molar-refractivity contribution is 7.98. The highest BCUT2D eigenvalue weighted by Crippen LogP contribution is 2.22. The fourth-order valence-corrected chi connectivity index (χ4v) is 3.21. The van der Waals surface area contributed by atoms with Crippen molar-refractivity contribution in [3.05, 3.63) is 6.33 Å². The summed E-state index contributed by atoms with van der Waals surface area (Å²) in [6.45, 7) is -0.0342. The molecule has 0 spiro atoms. The zero-order valence-electron chi connectivity index (χ0n) is 14.2. The van der Waals surface area contributed by atoms with Crippen LogP contribution >= 0.6 is 23.5 Å². The number of hydrogen-bond donors (Lipinski definition) is 2. The Morgan fingerprint density at radius 1 is 1.40 bits per heavy atom. The molecule has 3 N–H and O–H groups in total. The fourth-order valence-electron chi connectivity index (χ4n) is 2.21. The number of ether oxygens (including phenoxy) is 1. The summed E-state index contributed by atoms with van der Waals surface area (Å²) < 4.78 is 6.31. The smallest absolute Gasteiger partial charge is 0.328 e. The highest BCUT2D eigenvalue weighted by atomic mass is 32.2. The van der Waals surface area contributed by atoms with Crippen LogP contribution < -0.4 is 11.1 Å². The molecule has 0 bridgehead atoms. The average Bonchev–Trinajstić information content (AvgIpc) is 2.99. The van der Waals surface area contributed by atoms with E-state index in [1.165, 1.54) is 25.2 Å². The highest BCUT2D eigenvalue weighted by Gasteiger charge is 2.22. The van der Waals surface area contributed by atoms with Gasteiger partial charge in [0.1, 0.15) is 23.1 Å². The van der Waals surface area contributed by atoms with E-state index in [9.17, 15) is 9.59 Å². The molecule has 136 valence electrons. The second-order valence-corrected chi connectivity index (χ2v) is 6.84. The molecule has 1 atom stereocenters. The summed E-state index contributed by atoms with van der Waals surface area (Å²) in [7, 11) is 1.30. The summed E-state index contributed by atoms with van der Waals surface area (Å²) in [4.78, 5) is 36.6. The molecular formula is C14H20N6O3S2. The van der Waals surface area contributed by atoms with E-state index in [1.807, 2.05) is 12.5 Å². The normalized spacial score (nSPS) is 12.1. The minimum Gasteiger partial charge on any atom is -0.467 e. The van der Waals surface area contributed by atoms with Crippen molar-refractivity contribution in [3.8, 4) is 0 Å². The molecule has 0 saturated heterocycles. The monoisotopic (exact) mass is 384 g/mol. The van der Waals surface area contributed by atoms with Gasteiger partial charge in [0.05, 0.1) is 13.4 Å². The maximum Gasteiger partial charge on any atom is 0.328 e. The lowest BCUT2D eigenvalue weighted by Crippen LogP contribution is -2.43. The Balaban J connectivity index is 2.15. The fraction of sp³-hybridized carbons (Fsp3) is 0.500. The van der Waals surface area contributed by atoms with Gasteiger partial charge in [-0.25, -0.2) is 14.8 Å². The molecule has 2 heterocycles. The molecule has 0 aromatic carbocycles. The molecule has 2 aromatic heterocycles. The number of carbonyl (C=O) groups excluding carboxylic acids is 2. The first kappa shape index (κ1) is 19.3. The van der Waals surface area contributed by atoms with E-state index in [0.717, 1.165) is 5.75 Å². The number of thioether (sulfide) groups is 2. The number of anilines is 1. The van der Waals surface area contributed by atoms with Crippen LogP contribution in [0.3, 0.4) is 0 Å². The third-order valence-electron chi connectivity index (χ3n) is 3.39. The molecule has 0 aliphatic carbocycles. The number of nitrogens with one attached hydrogen (secondary N) is 1. The third-order valence-corrected chi connectivity index (χ3v) is 4.70. The van der Waals surface area contributed by atoms with Crippen molar-refractivity contribution < 1.29 is 14.3 Å². The molecule has 0 aliphatic heterocycles. The van der Waals surface area contributed by atoms with Crippen molar-refractivity contribution in [1.29, 1.82) is 0 Å². The molecule has 0 saturated carbocycles. The standard InChI is InChI=1S/C14H20N6O3S2/c1-23-13(22)8(4-5-24-2)17-9(21)6-20-7-16-10-11(20)18-14(15)19-12(10)25-3/h7-8H,4-6H2,1-3H3,(H,17,21)(H2,15,18,19)/t8-/m0/s1. The van der Waals surface area contributed by atoms with Gasteiger partial charge in [-0.15, -0.1) is 11.8 Å². The predicted molar refractivity (Wildman–Crippen MR) is 98.5 cm³/mol. The van der Waals surface area contributed by atoms with Crippen molar-refractivity contribution in [3.63, 3.8) is 0 Å². The largest absolute Gasteiger partial charge is 0.467 e. The quantitative estimate of drug-likeness (QED) is 0.381. The van der Waals surface area contributed by atoms with Crippen molar-refractivity contribution in [2.24, 2.45) is 0 Å². The van der Waals surface area contributed by atoms with Crippen LogP contribution in [0.2, 0.25) is 0 Å². The van der Waals surface area contributed by atoms with Crippen molar-refractivity contribution in [2.75, 3.05) is 31.1 Å². The van der Waals surface area contributed by atoms with Crippen LogP contribution in [0.4, 0.5) is 5.95 Å². The van der Waals surface area contributed by atoms with Gasteiger partial charge in [-0.05, 0) is 24.7 Å². The zero-order chi connectivity index (χ0) is 18.4. The van der Waals surface area contributed by atoms with E-state index >= 15 is 0 Å². The van der Waals surface area contributed by atoms with Crippen LogP contribution in [-0.2, 0) is 20.9 Å². The summed E-state index contributed by atoms with van der Waals surface area (Å²) in [5.74, 6) is 0.0498. The number of methoxy groups -OCH3 is 1. The number of nitrogen functional groups attached to an aromatic ring is 1. The van der Waals surface area contributed by atoms with E-state index in [0.29, 0.717) is 22.6 Å². The molecule has 0 unspecified atom stereocenters. The van der Waals surface area contributed by atoms with Crippen molar-refractivity contribution in [2.45, 2.75) is 24.0 Å². The number of fused-ring (bicyclic) bond motifs is 1. The Morgan fingerprint density at radius 2 is 2.16 bits per heavy atom. The first-order valence-electron chi connectivity index (χ1n) is 7.38. The van der Waals surface area contributed by atoms with Crippen LogP contribution in [0, 0.1) is 0 Å². The SMILES string of the molecule is COC(=O)[C@H](CCSC)NC(=O)Cn1cnc2c(SC)nc(N)nc21. The van der Waals surface area contributed by atoms with E-state index in [1.54, 1.807) is 16.3 Å². The van der Waals surface area contributed by atoms with E-state index in [4.69, 9.17) is 10.5 Å². The molecule has 11 heteroatoms. The number of amides is 1. The molecule has 1 amide bonds. The number of carbonyl (C=O) groups is 2. The van der Waals surface area contributed by atoms with Crippen LogP contribution in [-0.4, -0.2) is 62.8 Å². The lowest BCUT2D eigenvalue weighted by molar-refractivity contribution is -0.145. The summed E-state index contributed by atoms with van der Waals surface area (Å²) in [6.07, 6.45) is 5.80. The maximum atomic E-state index is 12.3. The van der Waals surface area contributed by atoms with Gasteiger partial charge < -0.3 is 20.4 Å².